The molecule has 2 aromatic carbocycles. The minimum atomic E-state index is -1.03. The third-order valence-electron chi connectivity index (χ3n) is 6.59. The van der Waals surface area contributed by atoms with Crippen LogP contribution >= 0.6 is 15.9 Å². The zero-order chi connectivity index (χ0) is 24.4. The van der Waals surface area contributed by atoms with Crippen LogP contribution in [-0.2, 0) is 6.54 Å². The first-order valence-corrected chi connectivity index (χ1v) is 12.4. The van der Waals surface area contributed by atoms with Gasteiger partial charge in [-0.3, -0.25) is 4.90 Å². The lowest BCUT2D eigenvalue weighted by Crippen LogP contribution is -2.47. The number of rotatable bonds is 6. The van der Waals surface area contributed by atoms with Crippen molar-refractivity contribution in [3.63, 3.8) is 0 Å². The van der Waals surface area contributed by atoms with Crippen LogP contribution < -0.4 is 10.2 Å². The first kappa shape index (κ1) is 23.3. The molecule has 0 bridgehead atoms. The van der Waals surface area contributed by atoms with E-state index in [9.17, 15) is 4.79 Å². The molecule has 1 aliphatic rings. The maximum absolute atomic E-state index is 10.7. The average molecular weight is 535 g/mol. The second-order valence-corrected chi connectivity index (χ2v) is 9.46. The number of aromatic amines is 1. The van der Waals surface area contributed by atoms with Gasteiger partial charge < -0.3 is 20.3 Å². The molecule has 35 heavy (non-hydrogen) atoms. The molecule has 0 saturated carbocycles. The van der Waals surface area contributed by atoms with Crippen molar-refractivity contribution in [3.05, 3.63) is 76.5 Å². The van der Waals surface area contributed by atoms with Crippen LogP contribution in [0.5, 0.6) is 0 Å². The van der Waals surface area contributed by atoms with Gasteiger partial charge in [-0.2, -0.15) is 0 Å². The molecule has 0 spiro atoms. The molecule has 1 amide bonds. The highest BCUT2D eigenvalue weighted by Gasteiger charge is 2.26. The quantitative estimate of drug-likeness (QED) is 0.300. The largest absolute Gasteiger partial charge is 0.465 e. The van der Waals surface area contributed by atoms with E-state index in [0.717, 1.165) is 64.5 Å². The van der Waals surface area contributed by atoms with Gasteiger partial charge in [0.25, 0.3) is 0 Å². The molecule has 0 radical (unpaired) electrons. The van der Waals surface area contributed by atoms with Gasteiger partial charge in [0.15, 0.2) is 0 Å². The van der Waals surface area contributed by atoms with Crippen LogP contribution in [0.4, 0.5) is 10.5 Å². The van der Waals surface area contributed by atoms with Gasteiger partial charge in [0, 0.05) is 44.3 Å². The Morgan fingerprint density at radius 1 is 1.11 bits per heavy atom. The molecule has 4 aromatic rings. The van der Waals surface area contributed by atoms with Gasteiger partial charge >= 0.3 is 6.09 Å². The normalized spacial score (nSPS) is 15.3. The topological polar surface area (TPSA) is 97.4 Å². The summed E-state index contributed by atoms with van der Waals surface area (Å²) < 4.78 is 0.794. The Labute approximate surface area is 212 Å². The molecular formula is C26H27BrN6O2. The predicted molar refractivity (Wildman–Crippen MR) is 141 cm³/mol. The SMILES string of the molecule is CC(c1ccccc1)N1CCN(c2c(Br)ncc3[nH]c(-c4ccc(CNC(=O)O)cc4)nc23)CC1. The molecule has 5 rings (SSSR count). The van der Waals surface area contributed by atoms with E-state index in [1.54, 1.807) is 6.20 Å². The van der Waals surface area contributed by atoms with Crippen LogP contribution in [0.2, 0.25) is 0 Å². The number of benzene rings is 2. The average Bonchev–Trinajstić information content (AvgIpc) is 3.32. The summed E-state index contributed by atoms with van der Waals surface area (Å²) >= 11 is 3.66. The molecular weight excluding hydrogens is 508 g/mol. The van der Waals surface area contributed by atoms with Crippen molar-refractivity contribution < 1.29 is 9.90 Å². The Morgan fingerprint density at radius 2 is 1.83 bits per heavy atom. The van der Waals surface area contributed by atoms with E-state index in [-0.39, 0.29) is 6.54 Å². The van der Waals surface area contributed by atoms with Crippen molar-refractivity contribution in [2.75, 3.05) is 31.1 Å². The molecule has 3 N–H and O–H groups in total. The zero-order valence-electron chi connectivity index (χ0n) is 19.4. The lowest BCUT2D eigenvalue weighted by Gasteiger charge is -2.39. The summed E-state index contributed by atoms with van der Waals surface area (Å²) in [4.78, 5) is 28.5. The highest BCUT2D eigenvalue weighted by atomic mass is 79.9. The molecule has 1 atom stereocenters. The predicted octanol–water partition coefficient (Wildman–Crippen LogP) is 5.04. The number of halogens is 1. The van der Waals surface area contributed by atoms with Gasteiger partial charge in [0.05, 0.1) is 17.4 Å². The fourth-order valence-electron chi connectivity index (χ4n) is 4.59. The Morgan fingerprint density at radius 3 is 2.51 bits per heavy atom. The Bertz CT molecular complexity index is 1320. The van der Waals surface area contributed by atoms with Crippen LogP contribution in [0.3, 0.4) is 0 Å². The van der Waals surface area contributed by atoms with Crippen LogP contribution in [-0.4, -0.2) is 57.2 Å². The number of anilines is 1. The van der Waals surface area contributed by atoms with E-state index in [1.807, 2.05) is 24.3 Å². The van der Waals surface area contributed by atoms with Gasteiger partial charge in [0.2, 0.25) is 0 Å². The summed E-state index contributed by atoms with van der Waals surface area (Å²) in [6.45, 7) is 6.25. The number of carboxylic acid groups (broad SMARTS) is 1. The number of hydrogen-bond acceptors (Lipinski definition) is 5. The number of carbonyl (C=O) groups is 1. The summed E-state index contributed by atoms with van der Waals surface area (Å²) in [5.41, 5.74) is 5.95. The van der Waals surface area contributed by atoms with Crippen molar-refractivity contribution in [3.8, 4) is 11.4 Å². The Hall–Kier alpha value is -3.43. The first-order chi connectivity index (χ1) is 17.0. The maximum Gasteiger partial charge on any atom is 0.404 e. The Balaban J connectivity index is 1.35. The second-order valence-electron chi connectivity index (χ2n) is 8.71. The Kier molecular flexibility index (Phi) is 6.70. The smallest absolute Gasteiger partial charge is 0.404 e. The number of pyridine rings is 1. The number of piperazine rings is 1. The molecule has 8 nitrogen and oxygen atoms in total. The van der Waals surface area contributed by atoms with Gasteiger partial charge in [-0.05, 0) is 34.0 Å². The van der Waals surface area contributed by atoms with Gasteiger partial charge in [-0.15, -0.1) is 0 Å². The van der Waals surface area contributed by atoms with Crippen molar-refractivity contribution in [1.82, 2.24) is 25.2 Å². The summed E-state index contributed by atoms with van der Waals surface area (Å²) in [6, 6.07) is 18.7. The maximum atomic E-state index is 10.7. The van der Waals surface area contributed by atoms with Crippen molar-refractivity contribution in [2.45, 2.75) is 19.5 Å². The highest BCUT2D eigenvalue weighted by molar-refractivity contribution is 9.10. The van der Waals surface area contributed by atoms with E-state index in [4.69, 9.17) is 10.1 Å². The summed E-state index contributed by atoms with van der Waals surface area (Å²) in [7, 11) is 0. The number of nitrogens with zero attached hydrogens (tertiary/aromatic N) is 4. The first-order valence-electron chi connectivity index (χ1n) is 11.6. The van der Waals surface area contributed by atoms with Gasteiger partial charge in [0.1, 0.15) is 15.9 Å². The number of fused-ring (bicyclic) bond motifs is 1. The fourth-order valence-corrected chi connectivity index (χ4v) is 5.13. The summed E-state index contributed by atoms with van der Waals surface area (Å²) in [5, 5.41) is 11.2. The van der Waals surface area contributed by atoms with Gasteiger partial charge in [-0.1, -0.05) is 54.6 Å². The lowest BCUT2D eigenvalue weighted by atomic mass is 10.1. The van der Waals surface area contributed by atoms with E-state index in [2.05, 4.69) is 78.3 Å². The van der Waals surface area contributed by atoms with Gasteiger partial charge in [-0.25, -0.2) is 14.8 Å². The van der Waals surface area contributed by atoms with Crippen LogP contribution in [0, 0.1) is 0 Å². The molecule has 9 heteroatoms. The van der Waals surface area contributed by atoms with E-state index >= 15 is 0 Å². The van der Waals surface area contributed by atoms with E-state index in [1.165, 1.54) is 5.56 Å². The van der Waals surface area contributed by atoms with Crippen molar-refractivity contribution >= 4 is 38.7 Å². The summed E-state index contributed by atoms with van der Waals surface area (Å²) in [6.07, 6.45) is 0.769. The minimum Gasteiger partial charge on any atom is -0.465 e. The molecule has 3 heterocycles. The second kappa shape index (κ2) is 10.1. The summed E-state index contributed by atoms with van der Waals surface area (Å²) in [5.74, 6) is 0.759. The van der Waals surface area contributed by atoms with Crippen LogP contribution in [0.1, 0.15) is 24.1 Å². The molecule has 1 saturated heterocycles. The van der Waals surface area contributed by atoms with Crippen LogP contribution in [0.25, 0.3) is 22.4 Å². The number of imidazole rings is 1. The molecule has 2 aromatic heterocycles. The number of amides is 1. The van der Waals surface area contributed by atoms with Crippen molar-refractivity contribution in [2.24, 2.45) is 0 Å². The van der Waals surface area contributed by atoms with Crippen molar-refractivity contribution in [1.29, 1.82) is 0 Å². The standard InChI is InChI=1S/C26H27BrN6O2/c1-17(19-5-3-2-4-6-19)32-11-13-33(14-12-32)23-22-21(16-28-24(23)27)30-25(31-22)20-9-7-18(8-10-20)15-29-26(34)35/h2-10,16-17,29H,11-15H2,1H3,(H,30,31)(H,34,35). The number of nitrogens with one attached hydrogen (secondary N) is 2. The number of hydrogen-bond donors (Lipinski definition) is 3. The zero-order valence-corrected chi connectivity index (χ0v) is 21.0. The number of H-pyrrole nitrogens is 1. The van der Waals surface area contributed by atoms with E-state index in [0.29, 0.717) is 6.04 Å². The number of aromatic nitrogens is 3. The minimum absolute atomic E-state index is 0.269. The molecule has 1 unspecified atom stereocenters. The van der Waals surface area contributed by atoms with E-state index < -0.39 is 6.09 Å². The molecule has 180 valence electrons. The third kappa shape index (κ3) is 5.01. The highest BCUT2D eigenvalue weighted by Crippen LogP contribution is 2.34. The fraction of sp³-hybridized carbons (Fsp3) is 0.269. The lowest BCUT2D eigenvalue weighted by molar-refractivity contribution is 0.194. The monoisotopic (exact) mass is 534 g/mol. The van der Waals surface area contributed by atoms with Crippen LogP contribution in [0.15, 0.2) is 65.4 Å². The molecule has 0 aliphatic carbocycles. The third-order valence-corrected chi connectivity index (χ3v) is 7.17. The molecule has 1 fully saturated rings. The molecule has 1 aliphatic heterocycles.